The van der Waals surface area contributed by atoms with Crippen molar-refractivity contribution in [2.45, 2.75) is 45.6 Å². The van der Waals surface area contributed by atoms with Crippen LogP contribution in [0.1, 0.15) is 40.0 Å². The first-order valence-corrected chi connectivity index (χ1v) is 5.20. The number of hydrogen-bond acceptors (Lipinski definition) is 4. The molecule has 0 heterocycles. The summed E-state index contributed by atoms with van der Waals surface area (Å²) in [6.07, 6.45) is 6.10. The molecule has 0 aromatic carbocycles. The Morgan fingerprint density at radius 2 is 2.20 bits per heavy atom. The minimum atomic E-state index is -0.584. The van der Waals surface area contributed by atoms with Gasteiger partial charge in [-0.1, -0.05) is 12.2 Å². The van der Waals surface area contributed by atoms with Crippen molar-refractivity contribution in [3.63, 3.8) is 0 Å². The molecule has 0 unspecified atom stereocenters. The van der Waals surface area contributed by atoms with E-state index in [0.717, 1.165) is 12.8 Å². The normalized spacial score (nSPS) is 12.0. The van der Waals surface area contributed by atoms with Crippen molar-refractivity contribution >= 4 is 5.97 Å². The molecule has 2 N–H and O–H groups in total. The van der Waals surface area contributed by atoms with E-state index in [4.69, 9.17) is 9.94 Å². The lowest BCUT2D eigenvalue weighted by Crippen LogP contribution is -2.42. The van der Waals surface area contributed by atoms with E-state index >= 15 is 0 Å². The van der Waals surface area contributed by atoms with Crippen LogP contribution >= 0.6 is 0 Å². The van der Waals surface area contributed by atoms with Gasteiger partial charge in [-0.2, -0.15) is 5.48 Å². The van der Waals surface area contributed by atoms with Gasteiger partial charge in [-0.25, -0.2) is 0 Å². The van der Waals surface area contributed by atoms with Gasteiger partial charge in [-0.05, 0) is 33.6 Å². The molecule has 0 aromatic heterocycles. The predicted molar refractivity (Wildman–Crippen MR) is 58.6 cm³/mol. The van der Waals surface area contributed by atoms with Crippen molar-refractivity contribution in [1.82, 2.24) is 5.48 Å². The number of esters is 1. The lowest BCUT2D eigenvalue weighted by molar-refractivity contribution is -0.147. The van der Waals surface area contributed by atoms with Crippen molar-refractivity contribution in [1.29, 1.82) is 0 Å². The predicted octanol–water partition coefficient (Wildman–Crippen LogP) is 2.03. The van der Waals surface area contributed by atoms with E-state index in [2.05, 4.69) is 5.48 Å². The molecule has 0 saturated heterocycles. The van der Waals surface area contributed by atoms with E-state index in [-0.39, 0.29) is 12.6 Å². The van der Waals surface area contributed by atoms with Crippen molar-refractivity contribution in [2.24, 2.45) is 0 Å². The number of rotatable bonds is 7. The van der Waals surface area contributed by atoms with Gasteiger partial charge in [-0.3, -0.25) is 4.79 Å². The third-order valence-electron chi connectivity index (χ3n) is 1.88. The maximum Gasteiger partial charge on any atom is 0.305 e. The summed E-state index contributed by atoms with van der Waals surface area (Å²) in [7, 11) is 0. The summed E-state index contributed by atoms with van der Waals surface area (Å²) in [6.45, 7) is 5.62. The fourth-order valence-corrected chi connectivity index (χ4v) is 0.896. The van der Waals surface area contributed by atoms with Gasteiger partial charge in [0.05, 0.1) is 5.54 Å². The van der Waals surface area contributed by atoms with E-state index in [1.807, 2.05) is 19.1 Å². The second-order valence-corrected chi connectivity index (χ2v) is 4.12. The van der Waals surface area contributed by atoms with Crippen LogP contribution in [-0.4, -0.2) is 23.3 Å². The van der Waals surface area contributed by atoms with E-state index in [1.165, 1.54) is 0 Å². The van der Waals surface area contributed by atoms with Gasteiger partial charge in [0.15, 0.2) is 0 Å². The molecule has 0 saturated carbocycles. The smallest absolute Gasteiger partial charge is 0.305 e. The van der Waals surface area contributed by atoms with Crippen molar-refractivity contribution < 1.29 is 14.7 Å². The van der Waals surface area contributed by atoms with Crippen LogP contribution in [0, 0.1) is 0 Å². The monoisotopic (exact) mass is 215 g/mol. The Morgan fingerprint density at radius 1 is 1.53 bits per heavy atom. The van der Waals surface area contributed by atoms with E-state index in [0.29, 0.717) is 6.42 Å². The summed E-state index contributed by atoms with van der Waals surface area (Å²) in [5, 5.41) is 8.70. The van der Waals surface area contributed by atoms with Crippen LogP contribution in [-0.2, 0) is 9.53 Å². The number of hydrogen-bond donors (Lipinski definition) is 2. The topological polar surface area (TPSA) is 58.6 Å². The third kappa shape index (κ3) is 8.15. The lowest BCUT2D eigenvalue weighted by Gasteiger charge is -2.21. The quantitative estimate of drug-likeness (QED) is 0.295. The molecule has 0 bridgehead atoms. The number of nitrogens with one attached hydrogen (secondary N) is 1. The van der Waals surface area contributed by atoms with E-state index < -0.39 is 5.54 Å². The lowest BCUT2D eigenvalue weighted by atomic mass is 10.1. The van der Waals surface area contributed by atoms with Crippen LogP contribution in [0.3, 0.4) is 0 Å². The molecule has 0 radical (unpaired) electrons. The highest BCUT2D eigenvalue weighted by atomic mass is 16.5. The third-order valence-corrected chi connectivity index (χ3v) is 1.88. The summed E-state index contributed by atoms with van der Waals surface area (Å²) in [5.41, 5.74) is 1.50. The second-order valence-electron chi connectivity index (χ2n) is 4.12. The van der Waals surface area contributed by atoms with Crippen molar-refractivity contribution in [3.8, 4) is 0 Å². The summed E-state index contributed by atoms with van der Waals surface area (Å²) in [5.74, 6) is -0.220. The Bertz CT molecular complexity index is 212. The molecule has 0 spiro atoms. The first-order chi connectivity index (χ1) is 7.02. The summed E-state index contributed by atoms with van der Waals surface area (Å²) in [6, 6.07) is 0. The van der Waals surface area contributed by atoms with Gasteiger partial charge in [0.2, 0.25) is 0 Å². The Kier molecular flexibility index (Phi) is 6.99. The van der Waals surface area contributed by atoms with Crippen LogP contribution in [0.5, 0.6) is 0 Å². The minimum absolute atomic E-state index is 0.173. The molecule has 4 heteroatoms. The second kappa shape index (κ2) is 7.43. The van der Waals surface area contributed by atoms with E-state index in [1.54, 1.807) is 13.8 Å². The zero-order valence-electron chi connectivity index (χ0n) is 9.75. The average Bonchev–Trinajstić information content (AvgIpc) is 2.22. The zero-order chi connectivity index (χ0) is 11.7. The van der Waals surface area contributed by atoms with Gasteiger partial charge in [0, 0.05) is 6.42 Å². The van der Waals surface area contributed by atoms with Crippen LogP contribution in [0.4, 0.5) is 0 Å². The largest absolute Gasteiger partial charge is 0.464 e. The molecule has 88 valence electrons. The Labute approximate surface area is 91.3 Å². The van der Waals surface area contributed by atoms with Gasteiger partial charge < -0.3 is 9.94 Å². The molecule has 0 aromatic rings. The molecule has 4 nitrogen and oxygen atoms in total. The first-order valence-electron chi connectivity index (χ1n) is 5.20. The molecule has 0 aliphatic carbocycles. The molecule has 0 aliphatic rings. The summed E-state index contributed by atoms with van der Waals surface area (Å²) in [4.78, 5) is 11.2. The SMILES string of the molecule is C/C=C/CCCC(=O)OCC(C)(C)NO. The maximum atomic E-state index is 11.2. The molecule has 0 amide bonds. The molecular formula is C11H21NO3. The fraction of sp³-hybridized carbons (Fsp3) is 0.727. The van der Waals surface area contributed by atoms with Gasteiger partial charge in [0.25, 0.3) is 0 Å². The molecule has 0 rings (SSSR count). The highest BCUT2D eigenvalue weighted by Crippen LogP contribution is 2.04. The molecule has 0 aliphatic heterocycles. The van der Waals surface area contributed by atoms with Gasteiger partial charge in [-0.15, -0.1) is 0 Å². The summed E-state index contributed by atoms with van der Waals surface area (Å²) < 4.78 is 4.99. The van der Waals surface area contributed by atoms with Crippen LogP contribution in [0.25, 0.3) is 0 Å². The number of allylic oxidation sites excluding steroid dienone is 2. The molecular weight excluding hydrogens is 194 g/mol. The van der Waals surface area contributed by atoms with Crippen LogP contribution in [0.2, 0.25) is 0 Å². The van der Waals surface area contributed by atoms with Crippen LogP contribution in [0.15, 0.2) is 12.2 Å². The number of hydroxylamine groups is 1. The van der Waals surface area contributed by atoms with E-state index in [9.17, 15) is 4.79 Å². The number of unbranched alkanes of at least 4 members (excludes halogenated alkanes) is 1. The standard InChI is InChI=1S/C11H21NO3/c1-4-5-6-7-8-10(13)15-9-11(2,3)12-14/h4-5,12,14H,6-9H2,1-3H3/b5-4+. The molecule has 15 heavy (non-hydrogen) atoms. The molecule has 0 fully saturated rings. The van der Waals surface area contributed by atoms with Gasteiger partial charge >= 0.3 is 5.97 Å². The highest BCUT2D eigenvalue weighted by molar-refractivity contribution is 5.69. The number of carbonyl (C=O) groups excluding carboxylic acids is 1. The van der Waals surface area contributed by atoms with Crippen LogP contribution < -0.4 is 5.48 Å². The first kappa shape index (κ1) is 14.1. The Balaban J connectivity index is 3.58. The minimum Gasteiger partial charge on any atom is -0.464 e. The Morgan fingerprint density at radius 3 is 2.73 bits per heavy atom. The molecule has 0 atom stereocenters. The van der Waals surface area contributed by atoms with Crippen molar-refractivity contribution in [3.05, 3.63) is 12.2 Å². The van der Waals surface area contributed by atoms with Gasteiger partial charge in [0.1, 0.15) is 6.61 Å². The zero-order valence-corrected chi connectivity index (χ0v) is 9.75. The van der Waals surface area contributed by atoms with Crippen molar-refractivity contribution in [2.75, 3.05) is 6.61 Å². The summed E-state index contributed by atoms with van der Waals surface area (Å²) >= 11 is 0. The number of ether oxygens (including phenoxy) is 1. The number of carbonyl (C=O) groups is 1. The maximum absolute atomic E-state index is 11.2. The fourth-order valence-electron chi connectivity index (χ4n) is 0.896. The average molecular weight is 215 g/mol. The Hall–Kier alpha value is -0.870. The highest BCUT2D eigenvalue weighted by Gasteiger charge is 2.18.